The molecule has 0 bridgehead atoms. The third-order valence-corrected chi connectivity index (χ3v) is 2.73. The van der Waals surface area contributed by atoms with Crippen molar-refractivity contribution in [3.63, 3.8) is 0 Å². The smallest absolute Gasteiger partial charge is 0.143 e. The van der Waals surface area contributed by atoms with E-state index >= 15 is 0 Å². The topological polar surface area (TPSA) is 58.7 Å². The summed E-state index contributed by atoms with van der Waals surface area (Å²) < 4.78 is 5.22. The van der Waals surface area contributed by atoms with Crippen molar-refractivity contribution in [2.24, 2.45) is 0 Å². The number of hydrogen-bond acceptors (Lipinski definition) is 4. The standard InChI is InChI=1S/C13H22N2O2/c1-10(2)15(7-4-8-16)11-5-6-12(14)13(9-11)17-3/h5-6,9-10,16H,4,7-8,14H2,1-3H3. The van der Waals surface area contributed by atoms with E-state index in [9.17, 15) is 0 Å². The van der Waals surface area contributed by atoms with Gasteiger partial charge in [-0.2, -0.15) is 0 Å². The highest BCUT2D eigenvalue weighted by Gasteiger charge is 2.11. The Morgan fingerprint density at radius 2 is 2.12 bits per heavy atom. The molecule has 0 saturated carbocycles. The van der Waals surface area contributed by atoms with Crippen molar-refractivity contribution in [1.82, 2.24) is 0 Å². The molecule has 0 spiro atoms. The quantitative estimate of drug-likeness (QED) is 0.743. The summed E-state index contributed by atoms with van der Waals surface area (Å²) in [6.45, 7) is 5.27. The van der Waals surface area contributed by atoms with E-state index in [2.05, 4.69) is 18.7 Å². The van der Waals surface area contributed by atoms with Crippen LogP contribution < -0.4 is 15.4 Å². The maximum atomic E-state index is 8.92. The number of aliphatic hydroxyl groups excluding tert-OH is 1. The lowest BCUT2D eigenvalue weighted by atomic mass is 10.2. The van der Waals surface area contributed by atoms with Crippen LogP contribution in [0.2, 0.25) is 0 Å². The lowest BCUT2D eigenvalue weighted by molar-refractivity contribution is 0.288. The maximum Gasteiger partial charge on any atom is 0.143 e. The number of hydrogen-bond donors (Lipinski definition) is 2. The molecule has 0 aliphatic carbocycles. The Hall–Kier alpha value is -1.42. The number of aliphatic hydroxyl groups is 1. The van der Waals surface area contributed by atoms with Crippen LogP contribution in [0.3, 0.4) is 0 Å². The van der Waals surface area contributed by atoms with Gasteiger partial charge >= 0.3 is 0 Å². The number of methoxy groups -OCH3 is 1. The van der Waals surface area contributed by atoms with Gasteiger partial charge in [-0.25, -0.2) is 0 Å². The van der Waals surface area contributed by atoms with E-state index in [0.29, 0.717) is 17.5 Å². The highest BCUT2D eigenvalue weighted by molar-refractivity contribution is 5.62. The molecule has 3 N–H and O–H groups in total. The molecule has 0 heterocycles. The van der Waals surface area contributed by atoms with E-state index in [1.54, 1.807) is 7.11 Å². The number of nitrogens with two attached hydrogens (primary N) is 1. The first-order valence-electron chi connectivity index (χ1n) is 5.91. The zero-order chi connectivity index (χ0) is 12.8. The normalized spacial score (nSPS) is 10.6. The summed E-state index contributed by atoms with van der Waals surface area (Å²) in [6, 6.07) is 6.14. The van der Waals surface area contributed by atoms with E-state index in [1.165, 1.54) is 0 Å². The molecule has 1 rings (SSSR count). The lowest BCUT2D eigenvalue weighted by Gasteiger charge is -2.29. The van der Waals surface area contributed by atoms with Crippen molar-refractivity contribution in [2.75, 3.05) is 30.9 Å². The van der Waals surface area contributed by atoms with Crippen molar-refractivity contribution in [3.05, 3.63) is 18.2 Å². The van der Waals surface area contributed by atoms with Crippen LogP contribution in [0, 0.1) is 0 Å². The number of nitrogen functional groups attached to an aromatic ring is 1. The summed E-state index contributed by atoms with van der Waals surface area (Å²) in [5.74, 6) is 0.692. The summed E-state index contributed by atoms with van der Waals surface area (Å²) in [6.07, 6.45) is 0.755. The molecule has 17 heavy (non-hydrogen) atoms. The molecule has 1 aromatic rings. The van der Waals surface area contributed by atoms with Crippen LogP contribution >= 0.6 is 0 Å². The van der Waals surface area contributed by atoms with Crippen LogP contribution in [0.4, 0.5) is 11.4 Å². The highest BCUT2D eigenvalue weighted by atomic mass is 16.5. The third kappa shape index (κ3) is 3.53. The zero-order valence-corrected chi connectivity index (χ0v) is 10.8. The number of anilines is 2. The minimum Gasteiger partial charge on any atom is -0.495 e. The van der Waals surface area contributed by atoms with Gasteiger partial charge in [-0.05, 0) is 32.4 Å². The molecule has 0 aliphatic heterocycles. The Kier molecular flexibility index (Phi) is 5.10. The summed E-state index contributed by atoms with van der Waals surface area (Å²) in [5, 5.41) is 8.92. The van der Waals surface area contributed by atoms with Gasteiger partial charge in [0.05, 0.1) is 12.8 Å². The fraction of sp³-hybridized carbons (Fsp3) is 0.538. The molecule has 0 aromatic heterocycles. The van der Waals surface area contributed by atoms with Gasteiger partial charge in [-0.15, -0.1) is 0 Å². The second-order valence-electron chi connectivity index (χ2n) is 4.29. The fourth-order valence-corrected chi connectivity index (χ4v) is 1.80. The first-order chi connectivity index (χ1) is 8.10. The molecule has 0 radical (unpaired) electrons. The van der Waals surface area contributed by atoms with Gasteiger partial charge in [0.2, 0.25) is 0 Å². The molecule has 0 fully saturated rings. The van der Waals surface area contributed by atoms with Crippen molar-refractivity contribution in [1.29, 1.82) is 0 Å². The molecule has 4 nitrogen and oxygen atoms in total. The SMILES string of the molecule is COc1cc(N(CCCO)C(C)C)ccc1N. The number of nitrogens with zero attached hydrogens (tertiary/aromatic N) is 1. The number of rotatable bonds is 6. The largest absolute Gasteiger partial charge is 0.495 e. The molecule has 0 aliphatic rings. The Labute approximate surface area is 103 Å². The Morgan fingerprint density at radius 3 is 2.65 bits per heavy atom. The van der Waals surface area contributed by atoms with Crippen LogP contribution in [0.1, 0.15) is 20.3 Å². The first kappa shape index (κ1) is 13.6. The number of ether oxygens (including phenoxy) is 1. The van der Waals surface area contributed by atoms with Crippen LogP contribution in [0.15, 0.2) is 18.2 Å². The molecule has 0 atom stereocenters. The summed E-state index contributed by atoms with van der Waals surface area (Å²) in [7, 11) is 1.61. The monoisotopic (exact) mass is 238 g/mol. The van der Waals surface area contributed by atoms with E-state index in [0.717, 1.165) is 18.7 Å². The van der Waals surface area contributed by atoms with Gasteiger partial charge in [0.25, 0.3) is 0 Å². The third-order valence-electron chi connectivity index (χ3n) is 2.73. The van der Waals surface area contributed by atoms with Crippen LogP contribution in [-0.4, -0.2) is 31.4 Å². The van der Waals surface area contributed by atoms with Gasteiger partial charge in [0.1, 0.15) is 5.75 Å². The number of benzene rings is 1. The van der Waals surface area contributed by atoms with Crippen molar-refractivity contribution in [3.8, 4) is 5.75 Å². The molecule has 96 valence electrons. The second-order valence-corrected chi connectivity index (χ2v) is 4.29. The minimum atomic E-state index is 0.204. The molecular weight excluding hydrogens is 216 g/mol. The molecule has 0 unspecified atom stereocenters. The maximum absolute atomic E-state index is 8.92. The summed E-state index contributed by atoms with van der Waals surface area (Å²) >= 11 is 0. The van der Waals surface area contributed by atoms with Gasteiger partial charge in [-0.3, -0.25) is 0 Å². The molecule has 4 heteroatoms. The van der Waals surface area contributed by atoms with E-state index in [4.69, 9.17) is 15.6 Å². The predicted molar refractivity (Wildman–Crippen MR) is 71.6 cm³/mol. The van der Waals surface area contributed by atoms with Gasteiger partial charge in [-0.1, -0.05) is 0 Å². The fourth-order valence-electron chi connectivity index (χ4n) is 1.80. The Morgan fingerprint density at radius 1 is 1.41 bits per heavy atom. The first-order valence-corrected chi connectivity index (χ1v) is 5.91. The average molecular weight is 238 g/mol. The highest BCUT2D eigenvalue weighted by Crippen LogP contribution is 2.28. The van der Waals surface area contributed by atoms with Crippen molar-refractivity contribution >= 4 is 11.4 Å². The van der Waals surface area contributed by atoms with Crippen LogP contribution in [-0.2, 0) is 0 Å². The van der Waals surface area contributed by atoms with E-state index in [-0.39, 0.29) is 6.61 Å². The molecule has 0 amide bonds. The average Bonchev–Trinajstić information content (AvgIpc) is 2.31. The van der Waals surface area contributed by atoms with E-state index < -0.39 is 0 Å². The van der Waals surface area contributed by atoms with Crippen LogP contribution in [0.5, 0.6) is 5.75 Å². The summed E-state index contributed by atoms with van der Waals surface area (Å²) in [5.41, 5.74) is 7.50. The Balaban J connectivity index is 2.93. The van der Waals surface area contributed by atoms with E-state index in [1.807, 2.05) is 18.2 Å². The zero-order valence-electron chi connectivity index (χ0n) is 10.8. The minimum absolute atomic E-state index is 0.204. The molecule has 1 aromatic carbocycles. The van der Waals surface area contributed by atoms with Gasteiger partial charge < -0.3 is 20.5 Å². The van der Waals surface area contributed by atoms with Gasteiger partial charge in [0.15, 0.2) is 0 Å². The van der Waals surface area contributed by atoms with Gasteiger partial charge in [0, 0.05) is 30.9 Å². The Bertz CT molecular complexity index is 353. The lowest BCUT2D eigenvalue weighted by Crippen LogP contribution is -2.32. The van der Waals surface area contributed by atoms with Crippen molar-refractivity contribution in [2.45, 2.75) is 26.3 Å². The molecule has 0 saturated heterocycles. The predicted octanol–water partition coefficient (Wildman–Crippen LogP) is 1.87. The van der Waals surface area contributed by atoms with Crippen molar-refractivity contribution < 1.29 is 9.84 Å². The van der Waals surface area contributed by atoms with Crippen LogP contribution in [0.25, 0.3) is 0 Å². The molecular formula is C13H22N2O2. The second kappa shape index (κ2) is 6.35. The summed E-state index contributed by atoms with van der Waals surface area (Å²) in [4.78, 5) is 2.22.